The molecule has 3 N–H and O–H groups in total. The molecule has 0 spiro atoms. The highest BCUT2D eigenvalue weighted by molar-refractivity contribution is 6.34. The molecule has 18 heavy (non-hydrogen) atoms. The number of halogens is 1. The molecule has 0 aliphatic carbocycles. The van der Waals surface area contributed by atoms with E-state index < -0.39 is 5.91 Å². The average Bonchev–Trinajstić information content (AvgIpc) is 2.35. The largest absolute Gasteiger partial charge is 0.508 e. The van der Waals surface area contributed by atoms with E-state index in [1.165, 1.54) is 30.3 Å². The summed E-state index contributed by atoms with van der Waals surface area (Å²) in [5.41, 5.74) is -0.256. The van der Waals surface area contributed by atoms with Crippen LogP contribution in [0.1, 0.15) is 10.4 Å². The van der Waals surface area contributed by atoms with E-state index in [0.717, 1.165) is 0 Å². The van der Waals surface area contributed by atoms with Crippen LogP contribution in [-0.4, -0.2) is 21.2 Å². The molecule has 1 amide bonds. The van der Waals surface area contributed by atoms with Crippen molar-refractivity contribution in [2.75, 3.05) is 5.32 Å². The standard InChI is InChI=1S/C11H8ClN3O3/c12-8-2-1-6(16)5-7(8)11(18)13-9-3-4-10(17)15-14-9/h1-5,16H,(H,15,17)(H,13,14,18). The van der Waals surface area contributed by atoms with Crippen molar-refractivity contribution < 1.29 is 9.90 Å². The summed E-state index contributed by atoms with van der Waals surface area (Å²) in [5.74, 6) is -0.423. The molecule has 0 saturated carbocycles. The van der Waals surface area contributed by atoms with Gasteiger partial charge in [-0.2, -0.15) is 5.10 Å². The van der Waals surface area contributed by atoms with Crippen molar-refractivity contribution in [1.82, 2.24) is 10.2 Å². The zero-order chi connectivity index (χ0) is 13.1. The van der Waals surface area contributed by atoms with Gasteiger partial charge in [0.2, 0.25) is 0 Å². The quantitative estimate of drug-likeness (QED) is 0.764. The molecule has 0 aliphatic rings. The molecule has 0 unspecified atom stereocenters. The van der Waals surface area contributed by atoms with Gasteiger partial charge in [-0.15, -0.1) is 0 Å². The first-order valence-corrected chi connectivity index (χ1v) is 5.29. The van der Waals surface area contributed by atoms with E-state index in [1.807, 2.05) is 0 Å². The molecule has 2 aromatic rings. The topological polar surface area (TPSA) is 95.1 Å². The summed E-state index contributed by atoms with van der Waals surface area (Å²) in [7, 11) is 0. The summed E-state index contributed by atoms with van der Waals surface area (Å²) in [6.07, 6.45) is 0. The smallest absolute Gasteiger partial charge is 0.264 e. The zero-order valence-electron chi connectivity index (χ0n) is 8.98. The number of amides is 1. The van der Waals surface area contributed by atoms with Crippen molar-refractivity contribution >= 4 is 23.3 Å². The molecule has 0 fully saturated rings. The Bertz CT molecular complexity index is 634. The van der Waals surface area contributed by atoms with Gasteiger partial charge in [0.15, 0.2) is 5.82 Å². The van der Waals surface area contributed by atoms with Gasteiger partial charge in [0.1, 0.15) is 5.75 Å². The highest BCUT2D eigenvalue weighted by Crippen LogP contribution is 2.21. The Morgan fingerprint density at radius 3 is 2.78 bits per heavy atom. The molecular formula is C11H8ClN3O3. The van der Waals surface area contributed by atoms with Gasteiger partial charge >= 0.3 is 0 Å². The second-order valence-electron chi connectivity index (χ2n) is 3.42. The molecule has 2 rings (SSSR count). The van der Waals surface area contributed by atoms with Crippen molar-refractivity contribution in [3.05, 3.63) is 51.3 Å². The van der Waals surface area contributed by atoms with E-state index in [-0.39, 0.29) is 27.7 Å². The number of H-pyrrole nitrogens is 1. The van der Waals surface area contributed by atoms with Gasteiger partial charge in [-0.25, -0.2) is 5.10 Å². The molecular weight excluding hydrogens is 258 g/mol. The van der Waals surface area contributed by atoms with Crippen molar-refractivity contribution in [2.24, 2.45) is 0 Å². The van der Waals surface area contributed by atoms with Crippen LogP contribution in [0.4, 0.5) is 5.82 Å². The van der Waals surface area contributed by atoms with Crippen LogP contribution in [0, 0.1) is 0 Å². The van der Waals surface area contributed by atoms with E-state index >= 15 is 0 Å². The van der Waals surface area contributed by atoms with Gasteiger partial charge in [0.05, 0.1) is 10.6 Å². The minimum absolute atomic E-state index is 0.0704. The second kappa shape index (κ2) is 4.89. The number of carbonyl (C=O) groups is 1. The Kier molecular flexibility index (Phi) is 3.29. The number of aromatic amines is 1. The normalized spacial score (nSPS) is 10.1. The Morgan fingerprint density at radius 1 is 1.33 bits per heavy atom. The van der Waals surface area contributed by atoms with E-state index in [9.17, 15) is 14.7 Å². The molecule has 0 atom stereocenters. The first-order valence-electron chi connectivity index (χ1n) is 4.92. The third-order valence-electron chi connectivity index (χ3n) is 2.12. The second-order valence-corrected chi connectivity index (χ2v) is 3.83. The van der Waals surface area contributed by atoms with E-state index in [0.29, 0.717) is 0 Å². The number of aromatic hydroxyl groups is 1. The zero-order valence-corrected chi connectivity index (χ0v) is 9.73. The summed E-state index contributed by atoms with van der Waals surface area (Å²) in [5, 5.41) is 17.7. The van der Waals surface area contributed by atoms with Gasteiger partial charge in [-0.05, 0) is 24.3 Å². The number of nitrogens with one attached hydrogen (secondary N) is 2. The summed E-state index contributed by atoms with van der Waals surface area (Å²) >= 11 is 5.83. The number of hydrogen-bond acceptors (Lipinski definition) is 4. The Hall–Kier alpha value is -2.34. The predicted octanol–water partition coefficient (Wildman–Crippen LogP) is 1.38. The van der Waals surface area contributed by atoms with Crippen molar-refractivity contribution in [2.45, 2.75) is 0 Å². The van der Waals surface area contributed by atoms with Crippen LogP contribution in [0.5, 0.6) is 5.75 Å². The number of aromatic nitrogens is 2. The van der Waals surface area contributed by atoms with Gasteiger partial charge < -0.3 is 10.4 Å². The first-order chi connectivity index (χ1) is 8.56. The predicted molar refractivity (Wildman–Crippen MR) is 65.9 cm³/mol. The number of rotatable bonds is 2. The number of phenolic OH excluding ortho intramolecular Hbond substituents is 1. The maximum atomic E-state index is 11.8. The van der Waals surface area contributed by atoms with Crippen LogP contribution in [0.3, 0.4) is 0 Å². The number of carbonyl (C=O) groups excluding carboxylic acids is 1. The van der Waals surface area contributed by atoms with Crippen LogP contribution in [0.2, 0.25) is 5.02 Å². The van der Waals surface area contributed by atoms with Crippen molar-refractivity contribution in [1.29, 1.82) is 0 Å². The van der Waals surface area contributed by atoms with Crippen molar-refractivity contribution in [3.8, 4) is 5.75 Å². The first kappa shape index (κ1) is 12.1. The number of benzene rings is 1. The van der Waals surface area contributed by atoms with Gasteiger partial charge in [0, 0.05) is 6.07 Å². The van der Waals surface area contributed by atoms with Crippen LogP contribution >= 0.6 is 11.6 Å². The molecule has 0 bridgehead atoms. The maximum absolute atomic E-state index is 11.8. The molecule has 0 aliphatic heterocycles. The molecule has 1 aromatic carbocycles. The van der Waals surface area contributed by atoms with E-state index in [1.54, 1.807) is 0 Å². The third kappa shape index (κ3) is 2.67. The maximum Gasteiger partial charge on any atom is 0.264 e. The molecule has 0 saturated heterocycles. The Balaban J connectivity index is 2.24. The van der Waals surface area contributed by atoms with Crippen LogP contribution < -0.4 is 10.9 Å². The van der Waals surface area contributed by atoms with Gasteiger partial charge in [-0.3, -0.25) is 9.59 Å². The Labute approximate surface area is 106 Å². The van der Waals surface area contributed by atoms with Crippen molar-refractivity contribution in [3.63, 3.8) is 0 Å². The van der Waals surface area contributed by atoms with Gasteiger partial charge in [-0.1, -0.05) is 11.6 Å². The molecule has 0 radical (unpaired) electrons. The number of hydrogen-bond donors (Lipinski definition) is 3. The fourth-order valence-electron chi connectivity index (χ4n) is 1.29. The van der Waals surface area contributed by atoms with Crippen LogP contribution in [-0.2, 0) is 0 Å². The lowest BCUT2D eigenvalue weighted by molar-refractivity contribution is 0.102. The molecule has 1 aromatic heterocycles. The third-order valence-corrected chi connectivity index (χ3v) is 2.44. The minimum atomic E-state index is -0.532. The fraction of sp³-hybridized carbons (Fsp3) is 0. The number of phenols is 1. The highest BCUT2D eigenvalue weighted by Gasteiger charge is 2.12. The number of nitrogens with zero attached hydrogens (tertiary/aromatic N) is 1. The molecule has 92 valence electrons. The lowest BCUT2D eigenvalue weighted by Gasteiger charge is -2.05. The van der Waals surface area contributed by atoms with E-state index in [4.69, 9.17) is 11.6 Å². The minimum Gasteiger partial charge on any atom is -0.508 e. The monoisotopic (exact) mass is 265 g/mol. The molecule has 7 heteroatoms. The lowest BCUT2D eigenvalue weighted by atomic mass is 10.2. The van der Waals surface area contributed by atoms with Crippen LogP contribution in [0.15, 0.2) is 35.1 Å². The summed E-state index contributed by atoms with van der Waals surface area (Å²) in [6, 6.07) is 6.60. The lowest BCUT2D eigenvalue weighted by Crippen LogP contribution is -2.16. The Morgan fingerprint density at radius 2 is 2.11 bits per heavy atom. The summed E-state index contributed by atoms with van der Waals surface area (Å²) < 4.78 is 0. The van der Waals surface area contributed by atoms with E-state index in [2.05, 4.69) is 15.5 Å². The highest BCUT2D eigenvalue weighted by atomic mass is 35.5. The number of anilines is 1. The fourth-order valence-corrected chi connectivity index (χ4v) is 1.49. The summed E-state index contributed by atoms with van der Waals surface area (Å²) in [6.45, 7) is 0. The molecule has 1 heterocycles. The SMILES string of the molecule is O=C(Nc1ccc(=O)[nH]n1)c1cc(O)ccc1Cl. The molecule has 6 nitrogen and oxygen atoms in total. The summed E-state index contributed by atoms with van der Waals surface area (Å²) in [4.78, 5) is 22.6. The van der Waals surface area contributed by atoms with Crippen LogP contribution in [0.25, 0.3) is 0 Å². The average molecular weight is 266 g/mol. The van der Waals surface area contributed by atoms with Gasteiger partial charge in [0.25, 0.3) is 11.5 Å².